The van der Waals surface area contributed by atoms with E-state index in [0.717, 1.165) is 24.8 Å². The molecule has 0 aliphatic carbocycles. The molecule has 144 valence electrons. The van der Waals surface area contributed by atoms with E-state index in [9.17, 15) is 9.59 Å². The molecule has 0 saturated carbocycles. The van der Waals surface area contributed by atoms with Crippen LogP contribution in [0.5, 0.6) is 5.75 Å². The van der Waals surface area contributed by atoms with Crippen molar-refractivity contribution in [3.8, 4) is 5.75 Å². The van der Waals surface area contributed by atoms with Crippen LogP contribution in [-0.4, -0.2) is 32.0 Å². The summed E-state index contributed by atoms with van der Waals surface area (Å²) >= 11 is 0. The van der Waals surface area contributed by atoms with Crippen molar-refractivity contribution in [2.75, 3.05) is 20.2 Å². The first kappa shape index (κ1) is 20.5. The highest BCUT2D eigenvalue weighted by molar-refractivity contribution is 5.77. The standard InChI is InChI=1S/C22H28N2O3/c1-17-6-12-20(13-7-17)27-16-22(26)24-15-14-19-10-8-18(9-11-19)4-3-5-21(25)23-2/h6-13H,3-5,14-16H2,1-2H3,(H,23,25)(H,24,26). The van der Waals surface area contributed by atoms with Gasteiger partial charge in [-0.2, -0.15) is 0 Å². The highest BCUT2D eigenvalue weighted by Gasteiger charge is 2.03. The predicted octanol–water partition coefficient (Wildman–Crippen LogP) is 2.80. The molecule has 5 heteroatoms. The Morgan fingerprint density at radius 3 is 2.15 bits per heavy atom. The number of amides is 2. The van der Waals surface area contributed by atoms with Crippen LogP contribution in [0.15, 0.2) is 48.5 Å². The van der Waals surface area contributed by atoms with E-state index in [0.29, 0.717) is 18.7 Å². The Balaban J connectivity index is 1.63. The van der Waals surface area contributed by atoms with Gasteiger partial charge >= 0.3 is 0 Å². The summed E-state index contributed by atoms with van der Waals surface area (Å²) in [5.41, 5.74) is 3.55. The van der Waals surface area contributed by atoms with Gasteiger partial charge in [-0.1, -0.05) is 42.0 Å². The lowest BCUT2D eigenvalue weighted by atomic mass is 10.0. The van der Waals surface area contributed by atoms with Crippen LogP contribution in [0, 0.1) is 6.92 Å². The van der Waals surface area contributed by atoms with E-state index in [2.05, 4.69) is 34.9 Å². The second-order valence-corrected chi connectivity index (χ2v) is 6.54. The quantitative estimate of drug-likeness (QED) is 0.678. The van der Waals surface area contributed by atoms with E-state index in [-0.39, 0.29) is 18.4 Å². The molecule has 2 rings (SSSR count). The number of benzene rings is 2. The van der Waals surface area contributed by atoms with E-state index in [1.54, 1.807) is 7.05 Å². The third-order valence-electron chi connectivity index (χ3n) is 4.30. The smallest absolute Gasteiger partial charge is 0.257 e. The lowest BCUT2D eigenvalue weighted by Gasteiger charge is -2.08. The monoisotopic (exact) mass is 368 g/mol. The summed E-state index contributed by atoms with van der Waals surface area (Å²) in [6.45, 7) is 2.60. The zero-order valence-electron chi connectivity index (χ0n) is 16.1. The number of hydrogen-bond acceptors (Lipinski definition) is 3. The van der Waals surface area contributed by atoms with E-state index >= 15 is 0 Å². The Morgan fingerprint density at radius 1 is 0.889 bits per heavy atom. The van der Waals surface area contributed by atoms with Crippen LogP contribution in [-0.2, 0) is 22.4 Å². The van der Waals surface area contributed by atoms with E-state index in [4.69, 9.17) is 4.74 Å². The summed E-state index contributed by atoms with van der Waals surface area (Å²) < 4.78 is 5.46. The van der Waals surface area contributed by atoms with Gasteiger partial charge in [0.05, 0.1) is 0 Å². The van der Waals surface area contributed by atoms with Gasteiger partial charge in [0.15, 0.2) is 6.61 Å². The Hall–Kier alpha value is -2.82. The predicted molar refractivity (Wildman–Crippen MR) is 107 cm³/mol. The molecule has 2 N–H and O–H groups in total. The molecule has 2 amide bonds. The van der Waals surface area contributed by atoms with Crippen molar-refractivity contribution in [3.63, 3.8) is 0 Å². The van der Waals surface area contributed by atoms with Crippen molar-refractivity contribution in [3.05, 3.63) is 65.2 Å². The molecular formula is C22H28N2O3. The Labute approximate surface area is 161 Å². The normalized spacial score (nSPS) is 10.3. The number of hydrogen-bond donors (Lipinski definition) is 2. The van der Waals surface area contributed by atoms with Crippen LogP contribution in [0.25, 0.3) is 0 Å². The van der Waals surface area contributed by atoms with Gasteiger partial charge in [0.25, 0.3) is 5.91 Å². The molecule has 0 spiro atoms. The molecule has 0 aromatic heterocycles. The maximum atomic E-state index is 11.9. The molecule has 5 nitrogen and oxygen atoms in total. The molecule has 2 aromatic carbocycles. The fourth-order valence-electron chi connectivity index (χ4n) is 2.63. The highest BCUT2D eigenvalue weighted by atomic mass is 16.5. The summed E-state index contributed by atoms with van der Waals surface area (Å²) in [4.78, 5) is 23.1. The molecule has 0 bridgehead atoms. The number of carbonyl (C=O) groups is 2. The van der Waals surface area contributed by atoms with Crippen molar-refractivity contribution in [1.29, 1.82) is 0 Å². The summed E-state index contributed by atoms with van der Waals surface area (Å²) in [5.74, 6) is 0.651. The summed E-state index contributed by atoms with van der Waals surface area (Å²) in [7, 11) is 1.66. The zero-order chi connectivity index (χ0) is 19.5. The van der Waals surface area contributed by atoms with Gasteiger partial charge in [0.2, 0.25) is 5.91 Å². The zero-order valence-corrected chi connectivity index (χ0v) is 16.1. The fourth-order valence-corrected chi connectivity index (χ4v) is 2.63. The largest absolute Gasteiger partial charge is 0.484 e. The van der Waals surface area contributed by atoms with Crippen LogP contribution < -0.4 is 15.4 Å². The molecule has 0 radical (unpaired) electrons. The molecule has 0 saturated heterocycles. The molecule has 0 heterocycles. The topological polar surface area (TPSA) is 67.4 Å². The maximum absolute atomic E-state index is 11.9. The van der Waals surface area contributed by atoms with Crippen LogP contribution in [0.3, 0.4) is 0 Å². The maximum Gasteiger partial charge on any atom is 0.257 e. The van der Waals surface area contributed by atoms with Gasteiger partial charge in [-0.05, 0) is 49.4 Å². The van der Waals surface area contributed by atoms with Crippen LogP contribution >= 0.6 is 0 Å². The minimum absolute atomic E-state index is 0.0212. The summed E-state index contributed by atoms with van der Waals surface area (Å²) in [6, 6.07) is 15.9. The van der Waals surface area contributed by atoms with Crippen molar-refractivity contribution < 1.29 is 14.3 Å². The molecule has 0 unspecified atom stereocenters. The van der Waals surface area contributed by atoms with Crippen molar-refractivity contribution in [2.24, 2.45) is 0 Å². The number of carbonyl (C=O) groups excluding carboxylic acids is 2. The molecule has 0 aliphatic heterocycles. The average molecular weight is 368 g/mol. The molecule has 2 aromatic rings. The molecule has 27 heavy (non-hydrogen) atoms. The number of nitrogens with one attached hydrogen (secondary N) is 2. The molecular weight excluding hydrogens is 340 g/mol. The van der Waals surface area contributed by atoms with Gasteiger partial charge in [-0.3, -0.25) is 9.59 Å². The van der Waals surface area contributed by atoms with Crippen molar-refractivity contribution in [1.82, 2.24) is 10.6 Å². The third kappa shape index (κ3) is 7.94. The van der Waals surface area contributed by atoms with Gasteiger partial charge in [-0.25, -0.2) is 0 Å². The van der Waals surface area contributed by atoms with Gasteiger partial charge in [0.1, 0.15) is 5.75 Å². The number of ether oxygens (including phenoxy) is 1. The Morgan fingerprint density at radius 2 is 1.52 bits per heavy atom. The van der Waals surface area contributed by atoms with Crippen molar-refractivity contribution >= 4 is 11.8 Å². The minimum atomic E-state index is -0.124. The van der Waals surface area contributed by atoms with Crippen LogP contribution in [0.4, 0.5) is 0 Å². The second kappa shape index (κ2) is 11.0. The first-order chi connectivity index (χ1) is 13.1. The Bertz CT molecular complexity index is 724. The van der Waals surface area contributed by atoms with Crippen LogP contribution in [0.2, 0.25) is 0 Å². The second-order valence-electron chi connectivity index (χ2n) is 6.54. The SMILES string of the molecule is CNC(=O)CCCc1ccc(CCNC(=O)COc2ccc(C)cc2)cc1. The van der Waals surface area contributed by atoms with Crippen molar-refractivity contribution in [2.45, 2.75) is 32.6 Å². The van der Waals surface area contributed by atoms with E-state index < -0.39 is 0 Å². The highest BCUT2D eigenvalue weighted by Crippen LogP contribution is 2.11. The summed E-state index contributed by atoms with van der Waals surface area (Å²) in [6.07, 6.45) is 3.06. The Kier molecular flexibility index (Phi) is 8.36. The molecule has 0 fully saturated rings. The third-order valence-corrected chi connectivity index (χ3v) is 4.30. The lowest BCUT2D eigenvalue weighted by Crippen LogP contribution is -2.30. The average Bonchev–Trinajstić information content (AvgIpc) is 2.68. The molecule has 0 atom stereocenters. The number of rotatable bonds is 10. The number of aryl methyl sites for hydroxylation is 2. The van der Waals surface area contributed by atoms with Gasteiger partial charge in [-0.15, -0.1) is 0 Å². The summed E-state index contributed by atoms with van der Waals surface area (Å²) in [5, 5.41) is 5.50. The first-order valence-electron chi connectivity index (χ1n) is 9.31. The van der Waals surface area contributed by atoms with Gasteiger partial charge in [0, 0.05) is 20.0 Å². The lowest BCUT2D eigenvalue weighted by molar-refractivity contribution is -0.123. The minimum Gasteiger partial charge on any atom is -0.484 e. The van der Waals surface area contributed by atoms with Gasteiger partial charge < -0.3 is 15.4 Å². The first-order valence-corrected chi connectivity index (χ1v) is 9.31. The fraction of sp³-hybridized carbons (Fsp3) is 0.364. The van der Waals surface area contributed by atoms with E-state index in [1.165, 1.54) is 11.1 Å². The van der Waals surface area contributed by atoms with E-state index in [1.807, 2.05) is 31.2 Å². The molecule has 0 aliphatic rings. The van der Waals surface area contributed by atoms with Crippen LogP contribution in [0.1, 0.15) is 29.5 Å².